The largest absolute Gasteiger partial charge is 0.396 e. The highest BCUT2D eigenvalue weighted by Crippen LogP contribution is 2.33. The van der Waals surface area contributed by atoms with E-state index in [2.05, 4.69) is 74.6 Å². The Bertz CT molecular complexity index is 1310. The Morgan fingerprint density at radius 2 is 1.94 bits per heavy atom. The minimum absolute atomic E-state index is 0.111. The van der Waals surface area contributed by atoms with Gasteiger partial charge in [0.25, 0.3) is 0 Å². The third-order valence-electron chi connectivity index (χ3n) is 6.88. The van der Waals surface area contributed by atoms with Gasteiger partial charge in [0.1, 0.15) is 11.0 Å². The Labute approximate surface area is 211 Å². The molecule has 190 valence electrons. The Hall–Kier alpha value is -3.20. The standard InChI is InChI=1S/C28H36N6O2/c1-2-6-22(11-12-35)31-27-26-25(32-28(29)33-27)23-9-3-4-10-24(23)34(26)16-20-8-5-7-19(13-20)14-30-15-21-17-36-18-21/h3-5,7-10,13,21-22,30,35H,2,6,11-12,14-18H2,1H3,(H3,29,31,32,33)/t22-/m0/s1. The van der Waals surface area contributed by atoms with Crippen molar-refractivity contribution >= 4 is 33.7 Å². The molecule has 0 unspecified atom stereocenters. The van der Waals surface area contributed by atoms with Crippen molar-refractivity contribution in [2.75, 3.05) is 37.4 Å². The van der Waals surface area contributed by atoms with Crippen LogP contribution in [0.1, 0.15) is 37.3 Å². The number of para-hydroxylation sites is 1. The minimum Gasteiger partial charge on any atom is -0.396 e. The number of nitrogen functional groups attached to an aromatic ring is 1. The molecule has 0 aliphatic carbocycles. The van der Waals surface area contributed by atoms with E-state index >= 15 is 0 Å². The molecule has 3 heterocycles. The quantitative estimate of drug-likeness (QED) is 0.239. The number of nitrogens with one attached hydrogen (secondary N) is 2. The Morgan fingerprint density at radius 3 is 2.72 bits per heavy atom. The minimum atomic E-state index is 0.111. The second-order valence-electron chi connectivity index (χ2n) is 9.73. The smallest absolute Gasteiger partial charge is 0.222 e. The van der Waals surface area contributed by atoms with E-state index in [-0.39, 0.29) is 18.6 Å². The van der Waals surface area contributed by atoms with Crippen molar-refractivity contribution < 1.29 is 9.84 Å². The molecule has 2 aromatic heterocycles. The predicted molar refractivity (Wildman–Crippen MR) is 145 cm³/mol. The zero-order chi connectivity index (χ0) is 24.9. The Morgan fingerprint density at radius 1 is 1.11 bits per heavy atom. The van der Waals surface area contributed by atoms with Crippen molar-refractivity contribution in [3.8, 4) is 0 Å². The molecule has 8 nitrogen and oxygen atoms in total. The van der Waals surface area contributed by atoms with Gasteiger partial charge < -0.3 is 30.8 Å². The average molecular weight is 489 g/mol. The van der Waals surface area contributed by atoms with Crippen molar-refractivity contribution in [1.82, 2.24) is 19.9 Å². The summed E-state index contributed by atoms with van der Waals surface area (Å²) in [5.74, 6) is 1.60. The molecule has 0 spiro atoms. The fourth-order valence-electron chi connectivity index (χ4n) is 5.04. The summed E-state index contributed by atoms with van der Waals surface area (Å²) in [7, 11) is 0. The Kier molecular flexibility index (Phi) is 7.65. The number of fused-ring (bicyclic) bond motifs is 3. The maximum absolute atomic E-state index is 9.59. The first-order valence-electron chi connectivity index (χ1n) is 12.9. The predicted octanol–water partition coefficient (Wildman–Crippen LogP) is 3.91. The molecule has 2 aromatic carbocycles. The highest BCUT2D eigenvalue weighted by molar-refractivity contribution is 6.09. The number of aromatic nitrogens is 3. The van der Waals surface area contributed by atoms with Crippen LogP contribution in [0.2, 0.25) is 0 Å². The number of aliphatic hydroxyl groups excluding tert-OH is 1. The molecule has 1 aliphatic rings. The summed E-state index contributed by atoms with van der Waals surface area (Å²) < 4.78 is 7.56. The molecule has 1 fully saturated rings. The van der Waals surface area contributed by atoms with E-state index in [1.807, 2.05) is 6.07 Å². The first kappa shape index (κ1) is 24.5. The first-order valence-corrected chi connectivity index (χ1v) is 12.9. The van der Waals surface area contributed by atoms with E-state index in [1.54, 1.807) is 0 Å². The van der Waals surface area contributed by atoms with E-state index in [0.717, 1.165) is 66.9 Å². The molecule has 36 heavy (non-hydrogen) atoms. The van der Waals surface area contributed by atoms with Crippen LogP contribution in [0.25, 0.3) is 21.9 Å². The van der Waals surface area contributed by atoms with Gasteiger partial charge in [0.2, 0.25) is 5.95 Å². The average Bonchev–Trinajstić information content (AvgIpc) is 3.15. The van der Waals surface area contributed by atoms with Crippen LogP contribution in [-0.4, -0.2) is 52.0 Å². The highest BCUT2D eigenvalue weighted by Gasteiger charge is 2.20. The fourth-order valence-corrected chi connectivity index (χ4v) is 5.04. The van der Waals surface area contributed by atoms with Crippen LogP contribution in [0.3, 0.4) is 0 Å². The Balaban J connectivity index is 1.50. The lowest BCUT2D eigenvalue weighted by Crippen LogP contribution is -2.36. The van der Waals surface area contributed by atoms with E-state index in [0.29, 0.717) is 18.9 Å². The summed E-state index contributed by atoms with van der Waals surface area (Å²) in [6, 6.07) is 17.1. The molecule has 1 saturated heterocycles. The third kappa shape index (κ3) is 5.31. The molecule has 5 N–H and O–H groups in total. The lowest BCUT2D eigenvalue weighted by atomic mass is 10.1. The SMILES string of the molecule is CCC[C@@H](CCO)Nc1nc(N)nc2c3ccccc3n(Cc3cccc(CNCC4COC4)c3)c12. The number of aliphatic hydroxyl groups is 1. The van der Waals surface area contributed by atoms with Gasteiger partial charge in [-0.2, -0.15) is 4.98 Å². The first-order chi connectivity index (χ1) is 17.7. The summed E-state index contributed by atoms with van der Waals surface area (Å²) in [6.07, 6.45) is 2.61. The number of nitrogens with zero attached hydrogens (tertiary/aromatic N) is 3. The molecule has 8 heteroatoms. The zero-order valence-electron chi connectivity index (χ0n) is 20.9. The van der Waals surface area contributed by atoms with Gasteiger partial charge in [-0.3, -0.25) is 0 Å². The summed E-state index contributed by atoms with van der Waals surface area (Å²) >= 11 is 0. The third-order valence-corrected chi connectivity index (χ3v) is 6.88. The summed E-state index contributed by atoms with van der Waals surface area (Å²) in [5.41, 5.74) is 11.5. The van der Waals surface area contributed by atoms with E-state index < -0.39 is 0 Å². The van der Waals surface area contributed by atoms with Crippen molar-refractivity contribution in [3.63, 3.8) is 0 Å². The number of hydrogen-bond donors (Lipinski definition) is 4. The van der Waals surface area contributed by atoms with E-state index in [9.17, 15) is 5.11 Å². The maximum atomic E-state index is 9.59. The van der Waals surface area contributed by atoms with Gasteiger partial charge >= 0.3 is 0 Å². The van der Waals surface area contributed by atoms with Gasteiger partial charge in [-0.25, -0.2) is 4.98 Å². The van der Waals surface area contributed by atoms with Crippen LogP contribution < -0.4 is 16.4 Å². The van der Waals surface area contributed by atoms with Crippen molar-refractivity contribution in [2.24, 2.45) is 5.92 Å². The van der Waals surface area contributed by atoms with Crippen LogP contribution in [0.5, 0.6) is 0 Å². The molecule has 0 saturated carbocycles. The summed E-state index contributed by atoms with van der Waals surface area (Å²) in [6.45, 7) is 6.51. The van der Waals surface area contributed by atoms with Gasteiger partial charge in [-0.15, -0.1) is 0 Å². The van der Waals surface area contributed by atoms with Gasteiger partial charge in [0, 0.05) is 43.6 Å². The van der Waals surface area contributed by atoms with Gasteiger partial charge in [0.05, 0.1) is 18.7 Å². The van der Waals surface area contributed by atoms with Crippen LogP contribution >= 0.6 is 0 Å². The molecule has 0 bridgehead atoms. The second kappa shape index (κ2) is 11.2. The van der Waals surface area contributed by atoms with E-state index in [4.69, 9.17) is 10.5 Å². The molecule has 0 amide bonds. The second-order valence-corrected chi connectivity index (χ2v) is 9.73. The van der Waals surface area contributed by atoms with E-state index in [1.165, 1.54) is 11.1 Å². The monoisotopic (exact) mass is 488 g/mol. The molecule has 0 radical (unpaired) electrons. The number of hydrogen-bond acceptors (Lipinski definition) is 7. The number of benzene rings is 2. The molecule has 5 rings (SSSR count). The van der Waals surface area contributed by atoms with Gasteiger partial charge in [-0.1, -0.05) is 55.8 Å². The number of nitrogens with two attached hydrogens (primary N) is 1. The van der Waals surface area contributed by atoms with Crippen LogP contribution in [0.15, 0.2) is 48.5 Å². The molecule has 1 atom stereocenters. The zero-order valence-corrected chi connectivity index (χ0v) is 20.9. The highest BCUT2D eigenvalue weighted by atomic mass is 16.5. The lowest BCUT2D eigenvalue weighted by molar-refractivity contribution is -0.0307. The summed E-state index contributed by atoms with van der Waals surface area (Å²) in [5, 5.41) is 17.8. The summed E-state index contributed by atoms with van der Waals surface area (Å²) in [4.78, 5) is 9.27. The van der Waals surface area contributed by atoms with Gasteiger partial charge in [0.15, 0.2) is 5.82 Å². The van der Waals surface area contributed by atoms with Crippen LogP contribution in [0.4, 0.5) is 11.8 Å². The topological polar surface area (TPSA) is 110 Å². The normalized spacial score (nSPS) is 14.8. The molecule has 4 aromatic rings. The van der Waals surface area contributed by atoms with Gasteiger partial charge in [-0.05, 0) is 30.0 Å². The number of anilines is 2. The molecular weight excluding hydrogens is 452 g/mol. The maximum Gasteiger partial charge on any atom is 0.222 e. The van der Waals surface area contributed by atoms with Crippen molar-refractivity contribution in [1.29, 1.82) is 0 Å². The van der Waals surface area contributed by atoms with Crippen molar-refractivity contribution in [2.45, 2.75) is 45.3 Å². The number of ether oxygens (including phenoxy) is 1. The lowest BCUT2D eigenvalue weighted by Gasteiger charge is -2.26. The molecule has 1 aliphatic heterocycles. The van der Waals surface area contributed by atoms with Crippen molar-refractivity contribution in [3.05, 3.63) is 59.7 Å². The fraction of sp³-hybridized carbons (Fsp3) is 0.429. The van der Waals surface area contributed by atoms with Crippen LogP contribution in [-0.2, 0) is 17.8 Å². The number of rotatable bonds is 12. The van der Waals surface area contributed by atoms with Crippen LogP contribution in [0, 0.1) is 5.92 Å². The molecular formula is C28H36N6O2.